The molecule has 1 unspecified atom stereocenters. The molecule has 0 aliphatic heterocycles. The number of sulfonamides is 1. The van der Waals surface area contributed by atoms with Crippen molar-refractivity contribution in [3.05, 3.63) is 95.0 Å². The first kappa shape index (κ1) is 29.0. The zero-order valence-electron chi connectivity index (χ0n) is 21.6. The van der Waals surface area contributed by atoms with Crippen LogP contribution >= 0.6 is 11.6 Å². The van der Waals surface area contributed by atoms with E-state index < -0.39 is 28.5 Å². The molecule has 1 N–H and O–H groups in total. The lowest BCUT2D eigenvalue weighted by molar-refractivity contribution is -0.139. The second-order valence-electron chi connectivity index (χ2n) is 8.66. The maximum Gasteiger partial charge on any atom is 0.244 e. The number of rotatable bonds is 12. The molecule has 0 aliphatic carbocycles. The van der Waals surface area contributed by atoms with Crippen LogP contribution in [-0.2, 0) is 32.6 Å². The Kier molecular flexibility index (Phi) is 10.2. The van der Waals surface area contributed by atoms with Crippen LogP contribution in [0.4, 0.5) is 5.69 Å². The standard InChI is InChI=1S/C28H32ClN3O5S/c1-4-37-25-16-14-24(15-17-25)32(38(3,35)36)20-27(33)31(19-22-10-12-23(29)13-11-22)26(28(34)30-2)18-21-8-6-5-7-9-21/h5-17,26H,4,18-20H2,1-3H3,(H,30,34). The Morgan fingerprint density at radius 2 is 1.58 bits per heavy atom. The molecule has 1 atom stereocenters. The number of nitrogens with zero attached hydrogens (tertiary/aromatic N) is 2. The highest BCUT2D eigenvalue weighted by atomic mass is 35.5. The van der Waals surface area contributed by atoms with Gasteiger partial charge in [-0.05, 0) is 54.4 Å². The van der Waals surface area contributed by atoms with E-state index in [-0.39, 0.29) is 18.9 Å². The van der Waals surface area contributed by atoms with Crippen molar-refractivity contribution < 1.29 is 22.7 Å². The summed E-state index contributed by atoms with van der Waals surface area (Å²) in [7, 11) is -2.33. The van der Waals surface area contributed by atoms with Gasteiger partial charge in [0.1, 0.15) is 18.3 Å². The molecule has 0 spiro atoms. The van der Waals surface area contributed by atoms with Gasteiger partial charge in [-0.2, -0.15) is 0 Å². The summed E-state index contributed by atoms with van der Waals surface area (Å²) in [5, 5.41) is 3.19. The number of nitrogens with one attached hydrogen (secondary N) is 1. The molecule has 202 valence electrons. The maximum atomic E-state index is 13.9. The van der Waals surface area contributed by atoms with E-state index in [1.165, 1.54) is 11.9 Å². The van der Waals surface area contributed by atoms with Crippen LogP contribution in [0.15, 0.2) is 78.9 Å². The van der Waals surface area contributed by atoms with Gasteiger partial charge in [-0.25, -0.2) is 8.42 Å². The average Bonchev–Trinajstić information content (AvgIpc) is 2.90. The molecule has 0 fully saturated rings. The summed E-state index contributed by atoms with van der Waals surface area (Å²) in [4.78, 5) is 28.4. The second-order valence-corrected chi connectivity index (χ2v) is 11.0. The highest BCUT2D eigenvalue weighted by molar-refractivity contribution is 7.92. The number of carbonyl (C=O) groups excluding carboxylic acids is 2. The summed E-state index contributed by atoms with van der Waals surface area (Å²) in [6.45, 7) is 1.92. The second kappa shape index (κ2) is 13.3. The van der Waals surface area contributed by atoms with E-state index in [9.17, 15) is 18.0 Å². The van der Waals surface area contributed by atoms with E-state index in [4.69, 9.17) is 16.3 Å². The maximum absolute atomic E-state index is 13.9. The lowest BCUT2D eigenvalue weighted by Crippen LogP contribution is -2.52. The number of ether oxygens (including phenoxy) is 1. The fourth-order valence-electron chi connectivity index (χ4n) is 4.00. The number of halogens is 1. The van der Waals surface area contributed by atoms with Crippen molar-refractivity contribution in [2.24, 2.45) is 0 Å². The van der Waals surface area contributed by atoms with Gasteiger partial charge >= 0.3 is 0 Å². The molecule has 0 aromatic heterocycles. The third-order valence-corrected chi connectivity index (χ3v) is 7.29. The van der Waals surface area contributed by atoms with E-state index in [0.29, 0.717) is 23.1 Å². The molecule has 0 aliphatic rings. The van der Waals surface area contributed by atoms with Gasteiger partial charge in [-0.15, -0.1) is 0 Å². The first-order valence-corrected chi connectivity index (χ1v) is 14.3. The van der Waals surface area contributed by atoms with Crippen molar-refractivity contribution in [1.29, 1.82) is 0 Å². The van der Waals surface area contributed by atoms with Gasteiger partial charge < -0.3 is 15.0 Å². The monoisotopic (exact) mass is 557 g/mol. The minimum absolute atomic E-state index is 0.0851. The van der Waals surface area contributed by atoms with Crippen molar-refractivity contribution in [2.75, 3.05) is 30.8 Å². The lowest BCUT2D eigenvalue weighted by Gasteiger charge is -2.33. The number of amides is 2. The molecule has 8 nitrogen and oxygen atoms in total. The number of benzene rings is 3. The average molecular weight is 558 g/mol. The molecule has 3 aromatic rings. The van der Waals surface area contributed by atoms with Crippen LogP contribution in [0.1, 0.15) is 18.1 Å². The summed E-state index contributed by atoms with van der Waals surface area (Å²) in [5.74, 6) is -0.296. The van der Waals surface area contributed by atoms with Crippen LogP contribution in [0.3, 0.4) is 0 Å². The topological polar surface area (TPSA) is 96.0 Å². The molecule has 3 rings (SSSR count). The number of carbonyl (C=O) groups is 2. The number of likely N-dealkylation sites (N-methyl/N-ethyl adjacent to an activating group) is 1. The van der Waals surface area contributed by atoms with Crippen molar-refractivity contribution in [2.45, 2.75) is 25.9 Å². The molecular formula is C28H32ClN3O5S. The van der Waals surface area contributed by atoms with Crippen LogP contribution in [0.5, 0.6) is 5.75 Å². The molecule has 3 aromatic carbocycles. The van der Waals surface area contributed by atoms with E-state index in [1.54, 1.807) is 48.5 Å². The van der Waals surface area contributed by atoms with Crippen molar-refractivity contribution in [3.8, 4) is 5.75 Å². The normalized spacial score (nSPS) is 11.9. The molecule has 0 heterocycles. The van der Waals surface area contributed by atoms with Gasteiger partial charge in [-0.1, -0.05) is 54.1 Å². The molecule has 10 heteroatoms. The minimum Gasteiger partial charge on any atom is -0.494 e. The van der Waals surface area contributed by atoms with Gasteiger partial charge in [0.05, 0.1) is 18.6 Å². The van der Waals surface area contributed by atoms with Crippen LogP contribution < -0.4 is 14.4 Å². The molecule has 0 saturated heterocycles. The Hall–Kier alpha value is -3.56. The highest BCUT2D eigenvalue weighted by Crippen LogP contribution is 2.23. The Balaban J connectivity index is 1.99. The van der Waals surface area contributed by atoms with E-state index in [1.807, 2.05) is 37.3 Å². The van der Waals surface area contributed by atoms with Gasteiger partial charge in [0.25, 0.3) is 0 Å². The molecule has 0 radical (unpaired) electrons. The van der Waals surface area contributed by atoms with E-state index in [0.717, 1.165) is 21.7 Å². The van der Waals surface area contributed by atoms with E-state index in [2.05, 4.69) is 5.32 Å². The van der Waals surface area contributed by atoms with Crippen LogP contribution in [-0.4, -0.2) is 57.6 Å². The largest absolute Gasteiger partial charge is 0.494 e. The zero-order valence-corrected chi connectivity index (χ0v) is 23.2. The fraction of sp³-hybridized carbons (Fsp3) is 0.286. The Bertz CT molecular complexity index is 1320. The van der Waals surface area contributed by atoms with Crippen LogP contribution in [0, 0.1) is 0 Å². The smallest absolute Gasteiger partial charge is 0.244 e. The quantitative estimate of drug-likeness (QED) is 0.364. The first-order valence-electron chi connectivity index (χ1n) is 12.1. The molecule has 0 saturated carbocycles. The minimum atomic E-state index is -3.83. The number of hydrogen-bond acceptors (Lipinski definition) is 5. The van der Waals surface area contributed by atoms with Crippen molar-refractivity contribution >= 4 is 39.1 Å². The lowest BCUT2D eigenvalue weighted by atomic mass is 10.0. The summed E-state index contributed by atoms with van der Waals surface area (Å²) in [5.41, 5.74) is 1.92. The highest BCUT2D eigenvalue weighted by Gasteiger charge is 2.32. The zero-order chi connectivity index (χ0) is 27.7. The Labute approximate surface area is 229 Å². The Morgan fingerprint density at radius 1 is 0.947 bits per heavy atom. The SMILES string of the molecule is CCOc1ccc(N(CC(=O)N(Cc2ccc(Cl)cc2)C(Cc2ccccc2)C(=O)NC)S(C)(=O)=O)cc1. The third kappa shape index (κ3) is 7.97. The third-order valence-electron chi connectivity index (χ3n) is 5.90. The predicted octanol–water partition coefficient (Wildman–Crippen LogP) is 3.89. The fourth-order valence-corrected chi connectivity index (χ4v) is 4.97. The van der Waals surface area contributed by atoms with Crippen molar-refractivity contribution in [1.82, 2.24) is 10.2 Å². The number of anilines is 1. The van der Waals surface area contributed by atoms with Gasteiger partial charge in [-0.3, -0.25) is 13.9 Å². The summed E-state index contributed by atoms with van der Waals surface area (Å²) in [6.07, 6.45) is 1.29. The molecule has 2 amide bonds. The van der Waals surface area contributed by atoms with Gasteiger partial charge in [0, 0.05) is 25.0 Å². The summed E-state index contributed by atoms with van der Waals surface area (Å²) < 4.78 is 32.0. The van der Waals surface area contributed by atoms with Gasteiger partial charge in [0.15, 0.2) is 0 Å². The molecule has 0 bridgehead atoms. The van der Waals surface area contributed by atoms with E-state index >= 15 is 0 Å². The summed E-state index contributed by atoms with van der Waals surface area (Å²) in [6, 6.07) is 21.9. The van der Waals surface area contributed by atoms with Crippen molar-refractivity contribution in [3.63, 3.8) is 0 Å². The van der Waals surface area contributed by atoms with Crippen LogP contribution in [0.25, 0.3) is 0 Å². The molecular weight excluding hydrogens is 526 g/mol. The van der Waals surface area contributed by atoms with Crippen LogP contribution in [0.2, 0.25) is 5.02 Å². The Morgan fingerprint density at radius 3 is 2.13 bits per heavy atom. The first-order chi connectivity index (χ1) is 18.1. The predicted molar refractivity (Wildman–Crippen MR) is 150 cm³/mol. The summed E-state index contributed by atoms with van der Waals surface area (Å²) >= 11 is 6.04. The number of hydrogen-bond donors (Lipinski definition) is 1. The van der Waals surface area contributed by atoms with Gasteiger partial charge in [0.2, 0.25) is 21.8 Å². The molecule has 38 heavy (non-hydrogen) atoms.